The number of likely N-dealkylation sites (tertiary alicyclic amines) is 1. The smallest absolute Gasteiger partial charge is 0.262 e. The topological polar surface area (TPSA) is 78.2 Å². The summed E-state index contributed by atoms with van der Waals surface area (Å²) in [6, 6.07) is 15.4. The molecule has 1 atom stereocenters. The van der Waals surface area contributed by atoms with Crippen LogP contribution in [0.2, 0.25) is 0 Å². The SMILES string of the molecule is N#CC(=Cc1cc(OCCCN2CCCC2)cc(Br)n1)C(=O)NC(c1ccccc1)C1CC1. The number of ether oxygens (including phenoxy) is 1. The lowest BCUT2D eigenvalue weighted by Gasteiger charge is -2.18. The van der Waals surface area contributed by atoms with Gasteiger partial charge in [-0.1, -0.05) is 30.3 Å². The summed E-state index contributed by atoms with van der Waals surface area (Å²) in [5, 5.41) is 12.7. The molecule has 0 bridgehead atoms. The molecule has 1 N–H and O–H groups in total. The van der Waals surface area contributed by atoms with Gasteiger partial charge in [-0.2, -0.15) is 5.26 Å². The third kappa shape index (κ3) is 6.89. The fourth-order valence-electron chi connectivity index (χ4n) is 4.21. The van der Waals surface area contributed by atoms with Crippen LogP contribution in [0, 0.1) is 17.2 Å². The van der Waals surface area contributed by atoms with Gasteiger partial charge in [-0.3, -0.25) is 4.79 Å². The normalized spacial score (nSPS) is 17.4. The second kappa shape index (κ2) is 11.4. The number of carbonyl (C=O) groups excluding carboxylic acids is 1. The van der Waals surface area contributed by atoms with Crippen molar-refractivity contribution in [3.63, 3.8) is 0 Å². The van der Waals surface area contributed by atoms with Crippen molar-refractivity contribution in [3.8, 4) is 11.8 Å². The number of hydrogen-bond donors (Lipinski definition) is 1. The molecule has 4 rings (SSSR count). The minimum absolute atomic E-state index is 0.0298. The summed E-state index contributed by atoms with van der Waals surface area (Å²) in [5.74, 6) is 0.705. The van der Waals surface area contributed by atoms with E-state index in [2.05, 4.69) is 31.1 Å². The Hall–Kier alpha value is -2.69. The number of rotatable bonds is 10. The van der Waals surface area contributed by atoms with E-state index in [9.17, 15) is 10.1 Å². The zero-order valence-corrected chi connectivity index (χ0v) is 20.3. The Balaban J connectivity index is 1.40. The van der Waals surface area contributed by atoms with Crippen LogP contribution in [0.15, 0.2) is 52.6 Å². The molecule has 2 fully saturated rings. The third-order valence-electron chi connectivity index (χ3n) is 6.07. The molecular weight excluding hydrogens is 480 g/mol. The average Bonchev–Trinajstić information content (AvgIpc) is 3.53. The van der Waals surface area contributed by atoms with Gasteiger partial charge in [0.2, 0.25) is 0 Å². The highest BCUT2D eigenvalue weighted by Gasteiger charge is 2.33. The third-order valence-corrected chi connectivity index (χ3v) is 6.48. The molecule has 2 aliphatic rings. The fourth-order valence-corrected chi connectivity index (χ4v) is 4.64. The minimum Gasteiger partial charge on any atom is -0.493 e. The van der Waals surface area contributed by atoms with Crippen LogP contribution in [-0.4, -0.2) is 42.0 Å². The number of carbonyl (C=O) groups is 1. The van der Waals surface area contributed by atoms with Crippen LogP contribution in [-0.2, 0) is 4.79 Å². The van der Waals surface area contributed by atoms with Gasteiger partial charge < -0.3 is 15.0 Å². The minimum atomic E-state index is -0.381. The van der Waals surface area contributed by atoms with Crippen LogP contribution in [0.4, 0.5) is 0 Å². The van der Waals surface area contributed by atoms with Gasteiger partial charge in [0.05, 0.1) is 18.3 Å². The van der Waals surface area contributed by atoms with Gasteiger partial charge in [0.25, 0.3) is 5.91 Å². The molecule has 0 radical (unpaired) electrons. The number of hydrogen-bond acceptors (Lipinski definition) is 5. The maximum Gasteiger partial charge on any atom is 0.262 e. The van der Waals surface area contributed by atoms with Gasteiger partial charge in [0.1, 0.15) is 22.0 Å². The van der Waals surface area contributed by atoms with E-state index in [0.29, 0.717) is 28.6 Å². The Morgan fingerprint density at radius 1 is 1.27 bits per heavy atom. The second-order valence-corrected chi connectivity index (χ2v) is 9.48. The molecule has 0 spiro atoms. The summed E-state index contributed by atoms with van der Waals surface area (Å²) < 4.78 is 6.52. The van der Waals surface area contributed by atoms with Gasteiger partial charge >= 0.3 is 0 Å². The average molecular weight is 509 g/mol. The Labute approximate surface area is 203 Å². The Kier molecular flexibility index (Phi) is 8.14. The standard InChI is InChI=1S/C26H29BrN4O2/c27-24-17-23(33-14-6-13-31-11-4-5-12-31)16-22(29-24)15-21(18-28)26(32)30-25(20-9-10-20)19-7-2-1-3-8-19/h1-3,7-8,15-17,20,25H,4-6,9-14H2,(H,30,32). The van der Waals surface area contributed by atoms with Gasteiger partial charge in [0, 0.05) is 18.7 Å². The molecule has 1 unspecified atom stereocenters. The largest absolute Gasteiger partial charge is 0.493 e. The molecule has 7 heteroatoms. The fraction of sp³-hybridized carbons (Fsp3) is 0.423. The Morgan fingerprint density at radius 3 is 2.73 bits per heavy atom. The highest BCUT2D eigenvalue weighted by Crippen LogP contribution is 2.41. The van der Waals surface area contributed by atoms with Gasteiger partial charge in [0.15, 0.2) is 0 Å². The van der Waals surface area contributed by atoms with E-state index in [1.807, 2.05) is 36.4 Å². The first-order valence-corrected chi connectivity index (χ1v) is 12.4. The Bertz CT molecular complexity index is 1020. The summed E-state index contributed by atoms with van der Waals surface area (Å²) >= 11 is 3.41. The number of aromatic nitrogens is 1. The zero-order valence-electron chi connectivity index (χ0n) is 18.7. The van der Waals surface area contributed by atoms with Gasteiger partial charge in [-0.05, 0) is 78.7 Å². The van der Waals surface area contributed by atoms with Crippen LogP contribution >= 0.6 is 15.9 Å². The van der Waals surface area contributed by atoms with E-state index in [0.717, 1.165) is 31.4 Å². The molecule has 2 aromatic rings. The van der Waals surface area contributed by atoms with Crippen LogP contribution in [0.1, 0.15) is 49.4 Å². The van der Waals surface area contributed by atoms with Crippen molar-refractivity contribution in [2.24, 2.45) is 5.92 Å². The van der Waals surface area contributed by atoms with Crippen molar-refractivity contribution in [1.29, 1.82) is 5.26 Å². The van der Waals surface area contributed by atoms with Crippen molar-refractivity contribution < 1.29 is 9.53 Å². The van der Waals surface area contributed by atoms with Crippen LogP contribution in [0.5, 0.6) is 5.75 Å². The quantitative estimate of drug-likeness (QED) is 0.214. The molecule has 6 nitrogen and oxygen atoms in total. The maximum absolute atomic E-state index is 12.9. The van der Waals surface area contributed by atoms with Gasteiger partial charge in [-0.25, -0.2) is 4.98 Å². The zero-order chi connectivity index (χ0) is 23.0. The van der Waals surface area contributed by atoms with Crippen molar-refractivity contribution >= 4 is 27.9 Å². The van der Waals surface area contributed by atoms with Gasteiger partial charge in [-0.15, -0.1) is 0 Å². The molecule has 33 heavy (non-hydrogen) atoms. The monoisotopic (exact) mass is 508 g/mol. The summed E-state index contributed by atoms with van der Waals surface area (Å²) in [6.07, 6.45) is 7.21. The van der Waals surface area contributed by atoms with E-state index in [4.69, 9.17) is 4.74 Å². The Morgan fingerprint density at radius 2 is 2.03 bits per heavy atom. The van der Waals surface area contributed by atoms with Crippen molar-refractivity contribution in [2.75, 3.05) is 26.2 Å². The van der Waals surface area contributed by atoms with Crippen molar-refractivity contribution in [3.05, 3.63) is 63.9 Å². The van der Waals surface area contributed by atoms with Crippen LogP contribution in [0.3, 0.4) is 0 Å². The molecule has 1 aromatic carbocycles. The molecule has 1 amide bonds. The van der Waals surface area contributed by atoms with E-state index in [1.54, 1.807) is 12.1 Å². The molecule has 1 aliphatic carbocycles. The number of nitrogens with zero attached hydrogens (tertiary/aromatic N) is 3. The van der Waals surface area contributed by atoms with E-state index in [-0.39, 0.29) is 17.5 Å². The molecular formula is C26H29BrN4O2. The highest BCUT2D eigenvalue weighted by molar-refractivity contribution is 9.10. The predicted octanol–water partition coefficient (Wildman–Crippen LogP) is 4.88. The number of nitrogens with one attached hydrogen (secondary N) is 1. The van der Waals surface area contributed by atoms with Crippen molar-refractivity contribution in [1.82, 2.24) is 15.2 Å². The lowest BCUT2D eigenvalue weighted by molar-refractivity contribution is -0.117. The van der Waals surface area contributed by atoms with E-state index >= 15 is 0 Å². The highest BCUT2D eigenvalue weighted by atomic mass is 79.9. The number of benzene rings is 1. The molecule has 1 aliphatic heterocycles. The summed E-state index contributed by atoms with van der Waals surface area (Å²) in [7, 11) is 0. The maximum atomic E-state index is 12.9. The summed E-state index contributed by atoms with van der Waals surface area (Å²) in [5.41, 5.74) is 1.60. The predicted molar refractivity (Wildman–Crippen MR) is 131 cm³/mol. The first-order chi connectivity index (χ1) is 16.1. The number of amides is 1. The molecule has 2 heterocycles. The first kappa shape index (κ1) is 23.5. The lowest BCUT2D eigenvalue weighted by atomic mass is 10.0. The number of halogens is 1. The summed E-state index contributed by atoms with van der Waals surface area (Å²) in [4.78, 5) is 19.8. The lowest BCUT2D eigenvalue weighted by Crippen LogP contribution is -2.30. The van der Waals surface area contributed by atoms with Crippen LogP contribution < -0.4 is 10.1 Å². The molecule has 1 aromatic heterocycles. The van der Waals surface area contributed by atoms with E-state index < -0.39 is 0 Å². The number of nitriles is 1. The molecule has 172 valence electrons. The second-order valence-electron chi connectivity index (χ2n) is 8.67. The molecule has 1 saturated heterocycles. The number of pyridine rings is 1. The molecule has 1 saturated carbocycles. The van der Waals surface area contributed by atoms with Crippen LogP contribution in [0.25, 0.3) is 6.08 Å². The van der Waals surface area contributed by atoms with E-state index in [1.165, 1.54) is 32.0 Å². The first-order valence-electron chi connectivity index (χ1n) is 11.6. The van der Waals surface area contributed by atoms with Crippen molar-refractivity contribution in [2.45, 2.75) is 38.1 Å². The summed E-state index contributed by atoms with van der Waals surface area (Å²) in [6.45, 7) is 4.02.